The van der Waals surface area contributed by atoms with Gasteiger partial charge in [0.2, 0.25) is 0 Å². The second-order valence-electron chi connectivity index (χ2n) is 8.82. The highest BCUT2D eigenvalue weighted by Crippen LogP contribution is 2.18. The number of nitriles is 1. The van der Waals surface area contributed by atoms with E-state index >= 15 is 0 Å². The summed E-state index contributed by atoms with van der Waals surface area (Å²) in [6.45, 7) is 4.95. The number of nitrogens with zero attached hydrogens (tertiary/aromatic N) is 1. The van der Waals surface area contributed by atoms with Crippen molar-refractivity contribution in [1.29, 1.82) is 5.26 Å². The molecule has 2 nitrogen and oxygen atoms in total. The maximum absolute atomic E-state index is 9.02. The first-order chi connectivity index (χ1) is 14.7. The summed E-state index contributed by atoms with van der Waals surface area (Å²) in [6, 6.07) is 7.56. The Bertz CT molecular complexity index is 581. The van der Waals surface area contributed by atoms with E-state index in [1.807, 2.05) is 12.1 Å². The Hall–Kier alpha value is -1.04. The molecule has 170 valence electrons. The summed E-state index contributed by atoms with van der Waals surface area (Å²) in [5.74, 6) is 0. The molecule has 0 aromatic heterocycles. The van der Waals surface area contributed by atoms with Crippen molar-refractivity contribution in [2.24, 2.45) is 0 Å². The third-order valence-corrected chi connectivity index (χ3v) is 6.05. The molecule has 1 atom stereocenters. The fourth-order valence-electron chi connectivity index (χ4n) is 3.92. The molecule has 0 spiro atoms. The van der Waals surface area contributed by atoms with Gasteiger partial charge in [0.15, 0.2) is 0 Å². The Morgan fingerprint density at radius 1 is 0.800 bits per heavy atom. The molecule has 0 fully saturated rings. The number of rotatable bonds is 19. The number of ether oxygens (including phenoxy) is 1. The average Bonchev–Trinajstić information content (AvgIpc) is 2.74. The van der Waals surface area contributed by atoms with Crippen LogP contribution in [0.5, 0.6) is 0 Å². The van der Waals surface area contributed by atoms with Gasteiger partial charge in [-0.15, -0.1) is 0 Å². The molecular weight excluding hydrogens is 390 g/mol. The summed E-state index contributed by atoms with van der Waals surface area (Å²) in [5.41, 5.74) is 1.57. The van der Waals surface area contributed by atoms with Gasteiger partial charge in [0.25, 0.3) is 0 Å². The Labute approximate surface area is 191 Å². The molecule has 0 aliphatic rings. The van der Waals surface area contributed by atoms with Crippen LogP contribution in [0, 0.1) is 11.3 Å². The Morgan fingerprint density at radius 2 is 1.30 bits per heavy atom. The second-order valence-corrected chi connectivity index (χ2v) is 9.26. The molecule has 0 unspecified atom stereocenters. The van der Waals surface area contributed by atoms with Crippen molar-refractivity contribution in [3.05, 3.63) is 34.3 Å². The standard InChI is InChI=1S/C27H44ClNO/c1-3-4-5-6-7-8-9-10-11-12-13-14-15-16-17-18-24(2)30-23-26-19-25(22-29)20-27(28)21-26/h19-21,24H,3-18,23H2,1-2H3/t24-/m1/s1. The van der Waals surface area contributed by atoms with Crippen LogP contribution < -0.4 is 0 Å². The molecule has 0 bridgehead atoms. The lowest BCUT2D eigenvalue weighted by molar-refractivity contribution is 0.0458. The molecule has 1 aromatic rings. The molecule has 1 aromatic carbocycles. The lowest BCUT2D eigenvalue weighted by Gasteiger charge is -2.13. The minimum absolute atomic E-state index is 0.247. The van der Waals surface area contributed by atoms with Crippen LogP contribution in [-0.2, 0) is 11.3 Å². The molecule has 0 amide bonds. The Morgan fingerprint density at radius 3 is 1.80 bits per heavy atom. The van der Waals surface area contributed by atoms with E-state index in [2.05, 4.69) is 19.9 Å². The topological polar surface area (TPSA) is 33.0 Å². The van der Waals surface area contributed by atoms with E-state index in [1.54, 1.807) is 6.07 Å². The van der Waals surface area contributed by atoms with Crippen LogP contribution in [0.1, 0.15) is 128 Å². The number of halogens is 1. The van der Waals surface area contributed by atoms with Crippen LogP contribution in [0.3, 0.4) is 0 Å². The minimum atomic E-state index is 0.247. The van der Waals surface area contributed by atoms with Gasteiger partial charge in [-0.3, -0.25) is 0 Å². The van der Waals surface area contributed by atoms with Crippen LogP contribution in [0.4, 0.5) is 0 Å². The molecule has 0 aliphatic carbocycles. The van der Waals surface area contributed by atoms with Gasteiger partial charge in [-0.1, -0.05) is 115 Å². The summed E-state index contributed by atoms with van der Waals surface area (Å²) < 4.78 is 5.93. The quantitative estimate of drug-likeness (QED) is 0.203. The fraction of sp³-hybridized carbons (Fsp3) is 0.741. The lowest BCUT2D eigenvalue weighted by Crippen LogP contribution is -2.08. The van der Waals surface area contributed by atoms with Crippen LogP contribution in [-0.4, -0.2) is 6.10 Å². The van der Waals surface area contributed by atoms with Crippen molar-refractivity contribution in [2.75, 3.05) is 0 Å². The van der Waals surface area contributed by atoms with Crippen molar-refractivity contribution in [3.8, 4) is 6.07 Å². The van der Waals surface area contributed by atoms with E-state index in [4.69, 9.17) is 21.6 Å². The van der Waals surface area contributed by atoms with Crippen LogP contribution in [0.15, 0.2) is 18.2 Å². The summed E-state index contributed by atoms with van der Waals surface area (Å²) >= 11 is 6.04. The van der Waals surface area contributed by atoms with E-state index < -0.39 is 0 Å². The average molecular weight is 434 g/mol. The van der Waals surface area contributed by atoms with E-state index in [0.717, 1.165) is 12.0 Å². The van der Waals surface area contributed by atoms with Crippen molar-refractivity contribution >= 4 is 11.6 Å². The molecule has 30 heavy (non-hydrogen) atoms. The Balaban J connectivity index is 1.89. The first kappa shape index (κ1) is 27.0. The zero-order valence-corrected chi connectivity index (χ0v) is 20.3. The highest BCUT2D eigenvalue weighted by Gasteiger charge is 2.05. The van der Waals surface area contributed by atoms with E-state index in [9.17, 15) is 0 Å². The third-order valence-electron chi connectivity index (χ3n) is 5.84. The Kier molecular flexibility index (Phi) is 16.8. The highest BCUT2D eigenvalue weighted by atomic mass is 35.5. The molecule has 0 saturated carbocycles. The zero-order valence-electron chi connectivity index (χ0n) is 19.6. The zero-order chi connectivity index (χ0) is 21.9. The van der Waals surface area contributed by atoms with Crippen molar-refractivity contribution in [1.82, 2.24) is 0 Å². The lowest BCUT2D eigenvalue weighted by atomic mass is 10.0. The number of hydrogen-bond donors (Lipinski definition) is 0. The maximum atomic E-state index is 9.02. The predicted molar refractivity (Wildman–Crippen MR) is 130 cm³/mol. The van der Waals surface area contributed by atoms with Gasteiger partial charge in [0.1, 0.15) is 0 Å². The SMILES string of the molecule is CCCCCCCCCCCCCCCCC[C@@H](C)OCc1cc(Cl)cc(C#N)c1. The van der Waals surface area contributed by atoms with Gasteiger partial charge in [-0.05, 0) is 37.1 Å². The fourth-order valence-corrected chi connectivity index (χ4v) is 4.18. The normalized spacial score (nSPS) is 12.1. The molecule has 0 saturated heterocycles. The van der Waals surface area contributed by atoms with Crippen LogP contribution in [0.2, 0.25) is 5.02 Å². The van der Waals surface area contributed by atoms with Gasteiger partial charge in [0.05, 0.1) is 24.3 Å². The van der Waals surface area contributed by atoms with Crippen LogP contribution in [0.25, 0.3) is 0 Å². The minimum Gasteiger partial charge on any atom is -0.374 e. The molecule has 3 heteroatoms. The first-order valence-electron chi connectivity index (χ1n) is 12.5. The monoisotopic (exact) mass is 433 g/mol. The molecule has 0 radical (unpaired) electrons. The van der Waals surface area contributed by atoms with Gasteiger partial charge in [-0.25, -0.2) is 0 Å². The molecule has 0 aliphatic heterocycles. The molecule has 0 heterocycles. The molecule has 0 N–H and O–H groups in total. The van der Waals surface area contributed by atoms with E-state index in [-0.39, 0.29) is 6.10 Å². The van der Waals surface area contributed by atoms with Crippen molar-refractivity contribution < 1.29 is 4.74 Å². The molecule has 1 rings (SSSR count). The van der Waals surface area contributed by atoms with E-state index in [0.29, 0.717) is 17.2 Å². The number of unbranched alkanes of at least 4 members (excludes halogenated alkanes) is 14. The largest absolute Gasteiger partial charge is 0.374 e. The highest BCUT2D eigenvalue weighted by molar-refractivity contribution is 6.30. The summed E-state index contributed by atoms with van der Waals surface area (Å²) in [4.78, 5) is 0. The first-order valence-corrected chi connectivity index (χ1v) is 12.8. The van der Waals surface area contributed by atoms with Crippen molar-refractivity contribution in [3.63, 3.8) is 0 Å². The smallest absolute Gasteiger partial charge is 0.0992 e. The summed E-state index contributed by atoms with van der Waals surface area (Å²) in [5, 5.41) is 9.62. The number of hydrogen-bond acceptors (Lipinski definition) is 2. The maximum Gasteiger partial charge on any atom is 0.0992 e. The van der Waals surface area contributed by atoms with Gasteiger partial charge in [-0.2, -0.15) is 5.26 Å². The van der Waals surface area contributed by atoms with E-state index in [1.165, 1.54) is 96.3 Å². The predicted octanol–water partition coefficient (Wildman–Crippen LogP) is 9.38. The summed E-state index contributed by atoms with van der Waals surface area (Å²) in [7, 11) is 0. The van der Waals surface area contributed by atoms with Gasteiger partial charge < -0.3 is 4.74 Å². The summed E-state index contributed by atoms with van der Waals surface area (Å²) in [6.07, 6.45) is 22.3. The van der Waals surface area contributed by atoms with Gasteiger partial charge in [0, 0.05) is 5.02 Å². The second kappa shape index (κ2) is 18.7. The molecular formula is C27H44ClNO. The number of benzene rings is 1. The van der Waals surface area contributed by atoms with Crippen molar-refractivity contribution in [2.45, 2.75) is 129 Å². The van der Waals surface area contributed by atoms with Crippen LogP contribution >= 0.6 is 11.6 Å². The third kappa shape index (κ3) is 14.9. The van der Waals surface area contributed by atoms with Gasteiger partial charge >= 0.3 is 0 Å².